The zero-order valence-corrected chi connectivity index (χ0v) is 11.2. The van der Waals surface area contributed by atoms with Crippen molar-refractivity contribution in [2.75, 3.05) is 12.4 Å². The summed E-state index contributed by atoms with van der Waals surface area (Å²) < 4.78 is 5.10. The molecule has 5 nitrogen and oxygen atoms in total. The summed E-state index contributed by atoms with van der Waals surface area (Å²) in [4.78, 5) is 17.7. The highest BCUT2D eigenvalue weighted by Gasteiger charge is 2.17. The molecule has 3 rings (SSSR count). The predicted octanol–water partition coefficient (Wildman–Crippen LogP) is 2.01. The molecule has 0 saturated heterocycles. The summed E-state index contributed by atoms with van der Waals surface area (Å²) in [5.41, 5.74) is 1.60. The van der Waals surface area contributed by atoms with Crippen LogP contribution in [0.25, 0.3) is 0 Å². The summed E-state index contributed by atoms with van der Waals surface area (Å²) in [5.74, 6) is 0.498. The minimum absolute atomic E-state index is 0.167. The van der Waals surface area contributed by atoms with Crippen LogP contribution < -0.4 is 15.4 Å². The van der Waals surface area contributed by atoms with Crippen LogP contribution in [-0.2, 0) is 13.1 Å². The molecule has 0 unspecified atom stereocenters. The summed E-state index contributed by atoms with van der Waals surface area (Å²) in [6.45, 7) is 1.61. The van der Waals surface area contributed by atoms with E-state index in [-0.39, 0.29) is 5.91 Å². The molecule has 0 aliphatic carbocycles. The van der Waals surface area contributed by atoms with Gasteiger partial charge in [0.2, 0.25) is 0 Å². The van der Waals surface area contributed by atoms with Crippen LogP contribution in [0.4, 0.5) is 5.13 Å². The molecule has 2 aromatic rings. The van der Waals surface area contributed by atoms with Crippen LogP contribution in [0, 0.1) is 0 Å². The Labute approximate surface area is 114 Å². The number of nitrogens with zero attached hydrogens (tertiary/aromatic N) is 1. The molecular formula is C13H13N3O2S. The lowest BCUT2D eigenvalue weighted by Crippen LogP contribution is -2.12. The number of nitrogens with one attached hydrogen (secondary N) is 2. The molecule has 0 saturated carbocycles. The maximum Gasteiger partial charge on any atom is 0.257 e. The molecule has 1 amide bonds. The Bertz CT molecular complexity index is 603. The van der Waals surface area contributed by atoms with Gasteiger partial charge in [0, 0.05) is 23.5 Å². The van der Waals surface area contributed by atoms with E-state index in [1.807, 2.05) is 0 Å². The molecule has 1 aromatic carbocycles. The van der Waals surface area contributed by atoms with Crippen LogP contribution >= 0.6 is 11.3 Å². The van der Waals surface area contributed by atoms with Gasteiger partial charge in [-0.2, -0.15) is 0 Å². The summed E-state index contributed by atoms with van der Waals surface area (Å²) >= 11 is 1.52. The first-order valence-electron chi connectivity index (χ1n) is 5.91. The van der Waals surface area contributed by atoms with Gasteiger partial charge in [0.1, 0.15) is 5.75 Å². The predicted molar refractivity (Wildman–Crippen MR) is 73.6 cm³/mol. The third-order valence-electron chi connectivity index (χ3n) is 2.91. The van der Waals surface area contributed by atoms with Gasteiger partial charge in [-0.3, -0.25) is 10.1 Å². The van der Waals surface area contributed by atoms with Gasteiger partial charge in [-0.1, -0.05) is 6.07 Å². The number of benzene rings is 1. The molecule has 6 heteroatoms. The second-order valence-corrected chi connectivity index (χ2v) is 5.26. The molecule has 98 valence electrons. The van der Waals surface area contributed by atoms with E-state index in [0.717, 1.165) is 18.8 Å². The summed E-state index contributed by atoms with van der Waals surface area (Å²) in [6, 6.07) is 7.05. The number of anilines is 1. The number of amides is 1. The number of ether oxygens (including phenoxy) is 1. The molecule has 0 radical (unpaired) electrons. The quantitative estimate of drug-likeness (QED) is 0.899. The highest BCUT2D eigenvalue weighted by atomic mass is 32.1. The average molecular weight is 275 g/mol. The maximum atomic E-state index is 12.1. The van der Waals surface area contributed by atoms with Crippen LogP contribution in [-0.4, -0.2) is 18.0 Å². The van der Waals surface area contributed by atoms with Crippen molar-refractivity contribution in [3.8, 4) is 5.75 Å². The number of aromatic nitrogens is 1. The highest BCUT2D eigenvalue weighted by molar-refractivity contribution is 7.15. The molecule has 2 heterocycles. The smallest absolute Gasteiger partial charge is 0.257 e. The Morgan fingerprint density at radius 3 is 3.16 bits per heavy atom. The van der Waals surface area contributed by atoms with E-state index in [1.54, 1.807) is 31.4 Å². The van der Waals surface area contributed by atoms with E-state index in [2.05, 4.69) is 15.6 Å². The van der Waals surface area contributed by atoms with Gasteiger partial charge in [0.25, 0.3) is 5.91 Å². The van der Waals surface area contributed by atoms with Gasteiger partial charge < -0.3 is 10.1 Å². The lowest BCUT2D eigenvalue weighted by Gasteiger charge is -2.04. The van der Waals surface area contributed by atoms with E-state index in [4.69, 9.17) is 4.74 Å². The fraction of sp³-hybridized carbons (Fsp3) is 0.231. The normalized spacial score (nSPS) is 13.1. The van der Waals surface area contributed by atoms with Crippen molar-refractivity contribution in [2.45, 2.75) is 13.1 Å². The molecule has 0 spiro atoms. The number of methoxy groups -OCH3 is 1. The second kappa shape index (κ2) is 4.99. The fourth-order valence-electron chi connectivity index (χ4n) is 1.94. The molecule has 1 aromatic heterocycles. The van der Waals surface area contributed by atoms with E-state index in [1.165, 1.54) is 16.2 Å². The lowest BCUT2D eigenvalue weighted by atomic mass is 10.2. The number of carbonyl (C=O) groups excluding carboxylic acids is 1. The Balaban J connectivity index is 1.76. The SMILES string of the molecule is COc1cccc(C(=O)Nc2nc3c(s2)CNC3)c1. The fourth-order valence-corrected chi connectivity index (χ4v) is 2.88. The van der Waals surface area contributed by atoms with Crippen molar-refractivity contribution in [1.82, 2.24) is 10.3 Å². The topological polar surface area (TPSA) is 63.2 Å². The van der Waals surface area contributed by atoms with Crippen LogP contribution in [0.1, 0.15) is 20.9 Å². The van der Waals surface area contributed by atoms with E-state index in [0.29, 0.717) is 16.4 Å². The van der Waals surface area contributed by atoms with Crippen molar-refractivity contribution >= 4 is 22.4 Å². The molecule has 0 fully saturated rings. The monoisotopic (exact) mass is 275 g/mol. The largest absolute Gasteiger partial charge is 0.497 e. The summed E-state index contributed by atoms with van der Waals surface area (Å²) in [6.07, 6.45) is 0. The van der Waals surface area contributed by atoms with Crippen molar-refractivity contribution in [1.29, 1.82) is 0 Å². The van der Waals surface area contributed by atoms with Gasteiger partial charge in [0.05, 0.1) is 12.8 Å². The standard InChI is InChI=1S/C13H13N3O2S/c1-18-9-4-2-3-8(5-9)12(17)16-13-15-10-6-14-7-11(10)19-13/h2-5,14H,6-7H2,1H3,(H,15,16,17). The second-order valence-electron chi connectivity index (χ2n) is 4.18. The Hall–Kier alpha value is -1.92. The molecule has 1 aliphatic heterocycles. The number of carbonyl (C=O) groups is 1. The van der Waals surface area contributed by atoms with Gasteiger partial charge >= 0.3 is 0 Å². The van der Waals surface area contributed by atoms with Crippen molar-refractivity contribution in [3.63, 3.8) is 0 Å². The number of hydrogen-bond donors (Lipinski definition) is 2. The summed E-state index contributed by atoms with van der Waals surface area (Å²) in [5, 5.41) is 6.69. The molecule has 2 N–H and O–H groups in total. The number of rotatable bonds is 3. The molecule has 19 heavy (non-hydrogen) atoms. The molecule has 0 atom stereocenters. The van der Waals surface area contributed by atoms with E-state index in [9.17, 15) is 4.79 Å². The van der Waals surface area contributed by atoms with Crippen molar-refractivity contribution in [2.24, 2.45) is 0 Å². The van der Waals surface area contributed by atoms with Crippen LogP contribution in [0.3, 0.4) is 0 Å². The Kier molecular flexibility index (Phi) is 3.18. The van der Waals surface area contributed by atoms with E-state index >= 15 is 0 Å². The molecule has 1 aliphatic rings. The Morgan fingerprint density at radius 1 is 1.47 bits per heavy atom. The minimum Gasteiger partial charge on any atom is -0.497 e. The Morgan fingerprint density at radius 2 is 2.37 bits per heavy atom. The van der Waals surface area contributed by atoms with Crippen LogP contribution in [0.2, 0.25) is 0 Å². The van der Waals surface area contributed by atoms with Crippen LogP contribution in [0.15, 0.2) is 24.3 Å². The van der Waals surface area contributed by atoms with Gasteiger partial charge in [-0.05, 0) is 18.2 Å². The maximum absolute atomic E-state index is 12.1. The molecule has 0 bridgehead atoms. The highest BCUT2D eigenvalue weighted by Crippen LogP contribution is 2.26. The lowest BCUT2D eigenvalue weighted by molar-refractivity contribution is 0.102. The zero-order valence-electron chi connectivity index (χ0n) is 10.4. The minimum atomic E-state index is -0.167. The van der Waals surface area contributed by atoms with Crippen LogP contribution in [0.5, 0.6) is 5.75 Å². The van der Waals surface area contributed by atoms with Crippen molar-refractivity contribution < 1.29 is 9.53 Å². The average Bonchev–Trinajstić information content (AvgIpc) is 2.99. The van der Waals surface area contributed by atoms with Gasteiger partial charge in [-0.25, -0.2) is 4.98 Å². The summed E-state index contributed by atoms with van der Waals surface area (Å²) in [7, 11) is 1.58. The third kappa shape index (κ3) is 2.45. The zero-order chi connectivity index (χ0) is 13.2. The first-order chi connectivity index (χ1) is 9.26. The molecular weight excluding hydrogens is 262 g/mol. The van der Waals surface area contributed by atoms with E-state index < -0.39 is 0 Å². The number of fused-ring (bicyclic) bond motifs is 1. The van der Waals surface area contributed by atoms with Crippen molar-refractivity contribution in [3.05, 3.63) is 40.4 Å². The first kappa shape index (κ1) is 12.1. The number of hydrogen-bond acceptors (Lipinski definition) is 5. The van der Waals surface area contributed by atoms with Gasteiger partial charge in [0.15, 0.2) is 5.13 Å². The first-order valence-corrected chi connectivity index (χ1v) is 6.72. The van der Waals surface area contributed by atoms with Gasteiger partial charge in [-0.15, -0.1) is 11.3 Å². The third-order valence-corrected chi connectivity index (χ3v) is 3.92. The number of thiazole rings is 1.